The number of amides is 2. The first kappa shape index (κ1) is 18.2. The van der Waals surface area contributed by atoms with E-state index in [1.54, 1.807) is 0 Å². The molecular formula is C20H23N5O3. The monoisotopic (exact) mass is 381 g/mol. The Morgan fingerprint density at radius 1 is 1.21 bits per heavy atom. The summed E-state index contributed by atoms with van der Waals surface area (Å²) in [4.78, 5) is 46.9. The van der Waals surface area contributed by atoms with Crippen LogP contribution in [0.4, 0.5) is 17.5 Å². The number of benzene rings is 1. The fraction of sp³-hybridized carbons (Fsp3) is 0.400. The third-order valence-electron chi connectivity index (χ3n) is 5.29. The number of hydrogen-bond acceptors (Lipinski definition) is 5. The summed E-state index contributed by atoms with van der Waals surface area (Å²) in [5, 5.41) is 5.46. The van der Waals surface area contributed by atoms with Crippen LogP contribution in [0.2, 0.25) is 0 Å². The lowest BCUT2D eigenvalue weighted by atomic mass is 9.92. The number of aromatic nitrogens is 2. The molecule has 0 saturated carbocycles. The largest absolute Gasteiger partial charge is 0.342 e. The van der Waals surface area contributed by atoms with E-state index >= 15 is 0 Å². The van der Waals surface area contributed by atoms with E-state index in [0.717, 1.165) is 37.9 Å². The van der Waals surface area contributed by atoms with Crippen molar-refractivity contribution < 1.29 is 9.59 Å². The van der Waals surface area contributed by atoms with Crippen LogP contribution in [0.1, 0.15) is 43.2 Å². The highest BCUT2D eigenvalue weighted by atomic mass is 16.2. The van der Waals surface area contributed by atoms with E-state index in [0.29, 0.717) is 11.6 Å². The molecular weight excluding hydrogens is 358 g/mol. The zero-order chi connectivity index (χ0) is 19.7. The Labute approximate surface area is 162 Å². The first-order valence-electron chi connectivity index (χ1n) is 9.64. The van der Waals surface area contributed by atoms with Crippen molar-refractivity contribution in [2.45, 2.75) is 38.5 Å². The molecule has 0 aliphatic carbocycles. The minimum atomic E-state index is -0.876. The highest BCUT2D eigenvalue weighted by Gasteiger charge is 2.35. The Morgan fingerprint density at radius 2 is 1.93 bits per heavy atom. The van der Waals surface area contributed by atoms with Gasteiger partial charge >= 0.3 is 0 Å². The lowest BCUT2D eigenvalue weighted by Crippen LogP contribution is -2.37. The number of anilines is 3. The fourth-order valence-electron chi connectivity index (χ4n) is 3.72. The van der Waals surface area contributed by atoms with Gasteiger partial charge in [-0.25, -0.2) is 0 Å². The van der Waals surface area contributed by atoms with Crippen LogP contribution in [0.3, 0.4) is 0 Å². The highest BCUT2D eigenvalue weighted by molar-refractivity contribution is 6.04. The summed E-state index contributed by atoms with van der Waals surface area (Å²) in [6, 6.07) is 7.51. The minimum absolute atomic E-state index is 0.0836. The van der Waals surface area contributed by atoms with Gasteiger partial charge in [0.15, 0.2) is 0 Å². The summed E-state index contributed by atoms with van der Waals surface area (Å²) in [5.74, 6) is -0.958. The number of H-pyrrole nitrogens is 1. The lowest BCUT2D eigenvalue weighted by Gasteiger charge is -2.25. The zero-order valence-electron chi connectivity index (χ0n) is 15.7. The number of hydrogen-bond donors (Lipinski definition) is 3. The molecule has 2 aliphatic heterocycles. The first-order chi connectivity index (χ1) is 13.5. The average Bonchev–Trinajstić information content (AvgIpc) is 3.22. The van der Waals surface area contributed by atoms with Gasteiger partial charge in [0.25, 0.3) is 5.56 Å². The predicted octanol–water partition coefficient (Wildman–Crippen LogP) is 2.00. The average molecular weight is 381 g/mol. The van der Waals surface area contributed by atoms with Gasteiger partial charge in [0.2, 0.25) is 17.8 Å². The van der Waals surface area contributed by atoms with Crippen molar-refractivity contribution >= 4 is 29.3 Å². The van der Waals surface area contributed by atoms with Crippen LogP contribution >= 0.6 is 0 Å². The van der Waals surface area contributed by atoms with Crippen molar-refractivity contribution in [1.82, 2.24) is 9.97 Å². The topological polar surface area (TPSA) is 107 Å². The van der Waals surface area contributed by atoms with Crippen LogP contribution in [0.15, 0.2) is 29.1 Å². The predicted molar refractivity (Wildman–Crippen MR) is 107 cm³/mol. The van der Waals surface area contributed by atoms with Gasteiger partial charge in [-0.05, 0) is 37.0 Å². The van der Waals surface area contributed by atoms with Gasteiger partial charge in [-0.15, -0.1) is 0 Å². The summed E-state index contributed by atoms with van der Waals surface area (Å²) >= 11 is 0. The number of fused-ring (bicyclic) bond motifs is 1. The summed E-state index contributed by atoms with van der Waals surface area (Å²) in [5.41, 5.74) is 1.63. The maximum atomic E-state index is 12.8. The van der Waals surface area contributed by atoms with Gasteiger partial charge in [0, 0.05) is 25.2 Å². The first-order valence-corrected chi connectivity index (χ1v) is 9.64. The number of nitrogens with one attached hydrogen (secondary N) is 3. The maximum Gasteiger partial charge on any atom is 0.258 e. The van der Waals surface area contributed by atoms with Gasteiger partial charge in [0.05, 0.1) is 11.5 Å². The molecule has 2 aromatic rings. The van der Waals surface area contributed by atoms with Crippen LogP contribution in [-0.4, -0.2) is 34.9 Å². The molecule has 2 amide bonds. The quantitative estimate of drug-likeness (QED) is 0.751. The van der Waals surface area contributed by atoms with E-state index in [-0.39, 0.29) is 35.2 Å². The van der Waals surface area contributed by atoms with Crippen molar-refractivity contribution in [1.29, 1.82) is 0 Å². The Bertz CT molecular complexity index is 961. The van der Waals surface area contributed by atoms with Crippen molar-refractivity contribution in [3.05, 3.63) is 45.7 Å². The van der Waals surface area contributed by atoms with E-state index in [4.69, 9.17) is 0 Å². The molecule has 1 aromatic carbocycles. The van der Waals surface area contributed by atoms with Gasteiger partial charge in [-0.2, -0.15) is 4.98 Å². The minimum Gasteiger partial charge on any atom is -0.342 e. The number of aromatic amines is 1. The molecule has 146 valence electrons. The van der Waals surface area contributed by atoms with E-state index in [2.05, 4.69) is 27.5 Å². The summed E-state index contributed by atoms with van der Waals surface area (Å²) in [6.45, 7) is 3.68. The highest BCUT2D eigenvalue weighted by Crippen LogP contribution is 2.30. The van der Waals surface area contributed by atoms with E-state index in [1.165, 1.54) is 0 Å². The van der Waals surface area contributed by atoms with Crippen LogP contribution in [0.25, 0.3) is 0 Å². The van der Waals surface area contributed by atoms with E-state index in [9.17, 15) is 14.4 Å². The fourth-order valence-corrected chi connectivity index (χ4v) is 3.72. The van der Waals surface area contributed by atoms with Gasteiger partial charge < -0.3 is 15.5 Å². The summed E-state index contributed by atoms with van der Waals surface area (Å²) in [7, 11) is 0. The zero-order valence-corrected chi connectivity index (χ0v) is 15.7. The molecule has 4 rings (SSSR count). The molecule has 28 heavy (non-hydrogen) atoms. The second-order valence-electron chi connectivity index (χ2n) is 7.19. The molecule has 8 nitrogen and oxygen atoms in total. The summed E-state index contributed by atoms with van der Waals surface area (Å²) in [6.07, 6.45) is 2.90. The molecule has 3 N–H and O–H groups in total. The van der Waals surface area contributed by atoms with Crippen LogP contribution in [-0.2, 0) is 16.0 Å². The second-order valence-corrected chi connectivity index (χ2v) is 7.19. The summed E-state index contributed by atoms with van der Waals surface area (Å²) < 4.78 is 0. The molecule has 1 fully saturated rings. The Morgan fingerprint density at radius 3 is 2.61 bits per heavy atom. The van der Waals surface area contributed by atoms with Crippen molar-refractivity contribution in [3.8, 4) is 0 Å². The standard InChI is InChI=1S/C20H23N5O3/c1-2-12-5-7-13(8-6-12)21-18(27)14-11-15(26)22-17-16(14)19(28)24-20(23-17)25-9-3-4-10-25/h5-8,14H,2-4,9-11H2,1H3,(H,21,27)(H2,22,23,24,26,28). The molecule has 2 aliphatic rings. The van der Waals surface area contributed by atoms with Gasteiger partial charge in [-0.3, -0.25) is 19.4 Å². The molecule has 0 spiro atoms. The molecule has 1 unspecified atom stereocenters. The Kier molecular flexibility index (Phi) is 4.85. The van der Waals surface area contributed by atoms with Gasteiger partial charge in [0.1, 0.15) is 5.82 Å². The molecule has 0 bridgehead atoms. The Balaban J connectivity index is 1.62. The van der Waals surface area contributed by atoms with Crippen LogP contribution in [0.5, 0.6) is 0 Å². The van der Waals surface area contributed by atoms with Crippen molar-refractivity contribution in [2.24, 2.45) is 0 Å². The van der Waals surface area contributed by atoms with Crippen molar-refractivity contribution in [2.75, 3.05) is 28.6 Å². The molecule has 1 atom stereocenters. The number of carbonyl (C=O) groups excluding carboxylic acids is 2. The maximum absolute atomic E-state index is 12.8. The van der Waals surface area contributed by atoms with Gasteiger partial charge in [-0.1, -0.05) is 19.1 Å². The molecule has 1 saturated heterocycles. The van der Waals surface area contributed by atoms with Crippen molar-refractivity contribution in [3.63, 3.8) is 0 Å². The van der Waals surface area contributed by atoms with Crippen LogP contribution in [0, 0.1) is 0 Å². The smallest absolute Gasteiger partial charge is 0.258 e. The lowest BCUT2D eigenvalue weighted by molar-refractivity contribution is -0.123. The third kappa shape index (κ3) is 3.49. The normalized spacial score (nSPS) is 18.5. The number of carbonyl (C=O) groups is 2. The number of nitrogens with zero attached hydrogens (tertiary/aromatic N) is 2. The van der Waals surface area contributed by atoms with E-state index < -0.39 is 5.92 Å². The van der Waals surface area contributed by atoms with Crippen LogP contribution < -0.4 is 21.1 Å². The second kappa shape index (κ2) is 7.46. The number of rotatable bonds is 4. The molecule has 8 heteroatoms. The third-order valence-corrected chi connectivity index (χ3v) is 5.29. The Hall–Kier alpha value is -3.16. The molecule has 1 aromatic heterocycles. The number of aryl methyl sites for hydroxylation is 1. The van der Waals surface area contributed by atoms with E-state index in [1.807, 2.05) is 29.2 Å². The molecule has 0 radical (unpaired) electrons. The molecule has 3 heterocycles. The SMILES string of the molecule is CCc1ccc(NC(=O)C2CC(=O)Nc3nc(N4CCCC4)[nH]c(=O)c32)cc1.